The van der Waals surface area contributed by atoms with Crippen molar-refractivity contribution in [3.63, 3.8) is 0 Å². The van der Waals surface area contributed by atoms with Crippen LogP contribution in [0.1, 0.15) is 54.6 Å². The Bertz CT molecular complexity index is 1030. The van der Waals surface area contributed by atoms with Gasteiger partial charge in [0, 0.05) is 60.9 Å². The van der Waals surface area contributed by atoms with Gasteiger partial charge in [0.2, 0.25) is 0 Å². The van der Waals surface area contributed by atoms with Gasteiger partial charge in [-0.1, -0.05) is 49.2 Å². The van der Waals surface area contributed by atoms with Crippen LogP contribution in [0.2, 0.25) is 0 Å². The van der Waals surface area contributed by atoms with Gasteiger partial charge in [-0.25, -0.2) is 0 Å². The van der Waals surface area contributed by atoms with Gasteiger partial charge in [0.1, 0.15) is 0 Å². The summed E-state index contributed by atoms with van der Waals surface area (Å²) in [6.45, 7) is 5.97. The highest BCUT2D eigenvalue weighted by Crippen LogP contribution is 2.28. The molecule has 1 atom stereocenters. The maximum absolute atomic E-state index is 13.4. The number of carbonyl (C=O) groups is 1. The topological polar surface area (TPSA) is 28.5 Å². The fraction of sp³-hybridized carbons (Fsp3) is 0.444. The Morgan fingerprint density at radius 1 is 0.935 bits per heavy atom. The molecule has 0 spiro atoms. The van der Waals surface area contributed by atoms with Crippen molar-refractivity contribution in [1.82, 2.24) is 14.4 Å². The van der Waals surface area contributed by atoms with Crippen molar-refractivity contribution in [3.8, 4) is 0 Å². The first-order chi connectivity index (χ1) is 15.2. The molecule has 2 aliphatic rings. The summed E-state index contributed by atoms with van der Waals surface area (Å²) in [4.78, 5) is 18.1. The molecule has 2 aromatic carbocycles. The van der Waals surface area contributed by atoms with Crippen LogP contribution in [0.25, 0.3) is 10.9 Å². The smallest absolute Gasteiger partial charge is 0.254 e. The third-order valence-electron chi connectivity index (χ3n) is 7.28. The third kappa shape index (κ3) is 4.14. The second-order valence-electron chi connectivity index (χ2n) is 9.27. The Hall–Kier alpha value is -2.59. The molecule has 5 rings (SSSR count). The van der Waals surface area contributed by atoms with Gasteiger partial charge in [0.25, 0.3) is 5.91 Å². The van der Waals surface area contributed by atoms with Crippen LogP contribution in [-0.4, -0.2) is 52.5 Å². The Kier molecular flexibility index (Phi) is 5.82. The summed E-state index contributed by atoms with van der Waals surface area (Å²) >= 11 is 0. The van der Waals surface area contributed by atoms with E-state index < -0.39 is 0 Å². The molecule has 1 aromatic heterocycles. The zero-order valence-corrected chi connectivity index (χ0v) is 18.5. The van der Waals surface area contributed by atoms with E-state index in [-0.39, 0.29) is 5.91 Å². The van der Waals surface area contributed by atoms with Gasteiger partial charge in [0.15, 0.2) is 0 Å². The van der Waals surface area contributed by atoms with Gasteiger partial charge in [0.05, 0.1) is 0 Å². The van der Waals surface area contributed by atoms with Gasteiger partial charge < -0.3 is 9.47 Å². The number of aromatic nitrogens is 1. The van der Waals surface area contributed by atoms with E-state index in [2.05, 4.69) is 70.0 Å². The van der Waals surface area contributed by atoms with Gasteiger partial charge >= 0.3 is 0 Å². The summed E-state index contributed by atoms with van der Waals surface area (Å²) in [6, 6.07) is 20.0. The van der Waals surface area contributed by atoms with Crippen molar-refractivity contribution in [3.05, 3.63) is 71.9 Å². The number of piperazine rings is 1. The second kappa shape index (κ2) is 8.88. The summed E-state index contributed by atoms with van der Waals surface area (Å²) in [6.07, 6.45) is 8.53. The Morgan fingerprint density at radius 3 is 2.42 bits per heavy atom. The molecule has 1 aliphatic carbocycles. The Morgan fingerprint density at radius 2 is 1.68 bits per heavy atom. The van der Waals surface area contributed by atoms with Crippen molar-refractivity contribution in [2.24, 2.45) is 0 Å². The molecule has 4 nitrogen and oxygen atoms in total. The molecule has 31 heavy (non-hydrogen) atoms. The van der Waals surface area contributed by atoms with Crippen LogP contribution in [0.3, 0.4) is 0 Å². The van der Waals surface area contributed by atoms with E-state index in [0.29, 0.717) is 6.04 Å². The third-order valence-corrected chi connectivity index (χ3v) is 7.28. The van der Waals surface area contributed by atoms with Crippen LogP contribution in [0.4, 0.5) is 0 Å². The van der Waals surface area contributed by atoms with E-state index in [1.807, 2.05) is 12.1 Å². The molecule has 2 fully saturated rings. The minimum absolute atomic E-state index is 0.185. The lowest BCUT2D eigenvalue weighted by Gasteiger charge is -2.38. The first kappa shape index (κ1) is 20.3. The highest BCUT2D eigenvalue weighted by atomic mass is 16.2. The van der Waals surface area contributed by atoms with Gasteiger partial charge in [-0.3, -0.25) is 9.69 Å². The van der Waals surface area contributed by atoms with Crippen molar-refractivity contribution in [2.75, 3.05) is 26.2 Å². The highest BCUT2D eigenvalue weighted by molar-refractivity contribution is 6.06. The molecule has 1 aliphatic heterocycles. The van der Waals surface area contributed by atoms with E-state index in [9.17, 15) is 4.79 Å². The predicted octanol–water partition coefficient (Wildman–Crippen LogP) is 5.15. The predicted molar refractivity (Wildman–Crippen MR) is 127 cm³/mol. The van der Waals surface area contributed by atoms with Crippen molar-refractivity contribution in [1.29, 1.82) is 0 Å². The zero-order valence-electron chi connectivity index (χ0n) is 18.5. The molecule has 0 N–H and O–H groups in total. The lowest BCUT2D eigenvalue weighted by molar-refractivity contribution is 0.0575. The monoisotopic (exact) mass is 415 g/mol. The van der Waals surface area contributed by atoms with Gasteiger partial charge in [-0.2, -0.15) is 0 Å². The number of hydrogen-bond acceptors (Lipinski definition) is 2. The number of amides is 1. The molecule has 1 saturated carbocycles. The van der Waals surface area contributed by atoms with Crippen LogP contribution >= 0.6 is 0 Å². The first-order valence-corrected chi connectivity index (χ1v) is 11.9. The standard InChI is InChI=1S/C27H33N3O/c1-21(20-22-8-3-2-4-9-22)30-15-14-24-25(12-7-13-26(24)30)27(31)29-18-16-28(17-19-29)23-10-5-6-11-23/h2-4,7-9,12-15,21,23H,5-6,10-11,16-20H2,1H3. The van der Waals surface area contributed by atoms with Crippen molar-refractivity contribution < 1.29 is 4.79 Å². The SMILES string of the molecule is CC(Cc1ccccc1)n1ccc2c(C(=O)N3CCN(C4CCCC4)CC3)cccc21. The number of fused-ring (bicyclic) bond motifs is 1. The molecule has 162 valence electrons. The number of hydrogen-bond donors (Lipinski definition) is 0. The van der Waals surface area contributed by atoms with Crippen LogP contribution in [0.5, 0.6) is 0 Å². The number of nitrogens with zero attached hydrogens (tertiary/aromatic N) is 3. The molecule has 1 amide bonds. The summed E-state index contributed by atoms with van der Waals surface area (Å²) in [5.74, 6) is 0.185. The van der Waals surface area contributed by atoms with Crippen molar-refractivity contribution >= 4 is 16.8 Å². The normalized spacial score (nSPS) is 19.2. The minimum Gasteiger partial charge on any atom is -0.344 e. The van der Waals surface area contributed by atoms with Gasteiger partial charge in [-0.15, -0.1) is 0 Å². The largest absolute Gasteiger partial charge is 0.344 e. The van der Waals surface area contributed by atoms with Crippen LogP contribution in [-0.2, 0) is 6.42 Å². The molecule has 1 saturated heterocycles. The van der Waals surface area contributed by atoms with E-state index >= 15 is 0 Å². The number of benzene rings is 2. The fourth-order valence-electron chi connectivity index (χ4n) is 5.54. The minimum atomic E-state index is 0.185. The van der Waals surface area contributed by atoms with E-state index in [1.54, 1.807) is 0 Å². The van der Waals surface area contributed by atoms with E-state index in [4.69, 9.17) is 0 Å². The quantitative estimate of drug-likeness (QED) is 0.577. The number of carbonyl (C=O) groups excluding carboxylic acids is 1. The van der Waals surface area contributed by atoms with Gasteiger partial charge in [-0.05, 0) is 49.9 Å². The molecule has 0 radical (unpaired) electrons. The average molecular weight is 416 g/mol. The van der Waals surface area contributed by atoms with Crippen molar-refractivity contribution in [2.45, 2.75) is 51.1 Å². The average Bonchev–Trinajstić information content (AvgIpc) is 3.49. The maximum atomic E-state index is 13.4. The molecule has 4 heteroatoms. The lowest BCUT2D eigenvalue weighted by atomic mass is 10.1. The maximum Gasteiger partial charge on any atom is 0.254 e. The van der Waals surface area contributed by atoms with Crippen LogP contribution < -0.4 is 0 Å². The zero-order chi connectivity index (χ0) is 21.2. The Balaban J connectivity index is 1.32. The molecular weight excluding hydrogens is 382 g/mol. The fourth-order valence-corrected chi connectivity index (χ4v) is 5.54. The summed E-state index contributed by atoms with van der Waals surface area (Å²) in [5.41, 5.74) is 3.33. The van der Waals surface area contributed by atoms with E-state index in [1.165, 1.54) is 31.2 Å². The van der Waals surface area contributed by atoms with E-state index in [0.717, 1.165) is 55.1 Å². The summed E-state index contributed by atoms with van der Waals surface area (Å²) in [7, 11) is 0. The molecule has 1 unspecified atom stereocenters. The lowest BCUT2D eigenvalue weighted by Crippen LogP contribution is -2.51. The number of rotatable bonds is 5. The Labute approximate surface area is 185 Å². The first-order valence-electron chi connectivity index (χ1n) is 11.9. The highest BCUT2D eigenvalue weighted by Gasteiger charge is 2.29. The second-order valence-corrected chi connectivity index (χ2v) is 9.27. The molecule has 3 aromatic rings. The summed E-state index contributed by atoms with van der Waals surface area (Å²) in [5, 5.41) is 1.07. The van der Waals surface area contributed by atoms with Crippen LogP contribution in [0, 0.1) is 0 Å². The molecule has 2 heterocycles. The molecular formula is C27H33N3O. The summed E-state index contributed by atoms with van der Waals surface area (Å²) < 4.78 is 2.32. The van der Waals surface area contributed by atoms with Crippen LogP contribution in [0.15, 0.2) is 60.8 Å². The molecule has 0 bridgehead atoms.